The van der Waals surface area contributed by atoms with Gasteiger partial charge in [-0.05, 0) is 34.7 Å². The molecule has 1 aromatic rings. The average Bonchev–Trinajstić information content (AvgIpc) is 2.26. The number of benzene rings is 1. The Balaban J connectivity index is 2.31. The number of nitro benzene ring substituents is 1. The summed E-state index contributed by atoms with van der Waals surface area (Å²) in [7, 11) is 0. The van der Waals surface area contributed by atoms with Gasteiger partial charge in [-0.15, -0.1) is 0 Å². The highest BCUT2D eigenvalue weighted by Gasteiger charge is 2.36. The lowest BCUT2D eigenvalue weighted by Crippen LogP contribution is -2.20. The highest BCUT2D eigenvalue weighted by atomic mass is 79.9. The first-order chi connectivity index (χ1) is 9.29. The van der Waals surface area contributed by atoms with Crippen LogP contribution in [0.1, 0.15) is 24.8 Å². The van der Waals surface area contributed by atoms with Gasteiger partial charge in [0.05, 0.1) is 17.1 Å². The van der Waals surface area contributed by atoms with E-state index in [1.54, 1.807) is 0 Å². The van der Waals surface area contributed by atoms with Crippen LogP contribution < -0.4 is 4.74 Å². The molecule has 0 unspecified atom stereocenters. The Morgan fingerprint density at radius 2 is 2.05 bits per heavy atom. The van der Waals surface area contributed by atoms with Crippen molar-refractivity contribution < 1.29 is 22.8 Å². The highest BCUT2D eigenvalue weighted by molar-refractivity contribution is 9.10. The van der Waals surface area contributed by atoms with Gasteiger partial charge in [0, 0.05) is 16.6 Å². The molecule has 0 spiro atoms. The Bertz CT molecular complexity index is 529. The summed E-state index contributed by atoms with van der Waals surface area (Å²) in [6.45, 7) is 0.208. The Morgan fingerprint density at radius 3 is 2.50 bits per heavy atom. The minimum Gasteiger partial charge on any atom is -0.487 e. The summed E-state index contributed by atoms with van der Waals surface area (Å²) in [5, 5.41) is 10.9. The van der Waals surface area contributed by atoms with Crippen molar-refractivity contribution in [3.05, 3.63) is 32.3 Å². The van der Waals surface area contributed by atoms with Crippen LogP contribution in [0.25, 0.3) is 0 Å². The van der Waals surface area contributed by atoms with Crippen molar-refractivity contribution in [3.63, 3.8) is 0 Å². The van der Waals surface area contributed by atoms with E-state index in [1.165, 1.54) is 0 Å². The van der Waals surface area contributed by atoms with E-state index in [2.05, 4.69) is 15.9 Å². The van der Waals surface area contributed by atoms with E-state index in [4.69, 9.17) is 4.74 Å². The molecule has 4 nitrogen and oxygen atoms in total. The molecular formula is C12H11BrF3NO3. The molecule has 0 N–H and O–H groups in total. The molecule has 1 fully saturated rings. The van der Waals surface area contributed by atoms with Crippen molar-refractivity contribution in [1.82, 2.24) is 0 Å². The zero-order valence-electron chi connectivity index (χ0n) is 10.2. The van der Waals surface area contributed by atoms with Crippen molar-refractivity contribution in [2.24, 2.45) is 5.92 Å². The standard InChI is InChI=1S/C12H11BrF3NO3/c13-9-5-10(17(18)19)11(4-8(9)12(14,15)16)20-6-7-2-1-3-7/h4-5,7H,1-3,6H2. The third-order valence-electron chi connectivity index (χ3n) is 3.25. The molecule has 1 aliphatic rings. The van der Waals surface area contributed by atoms with Gasteiger partial charge in [0.15, 0.2) is 5.75 Å². The summed E-state index contributed by atoms with van der Waals surface area (Å²) in [4.78, 5) is 10.1. The number of nitro groups is 1. The van der Waals surface area contributed by atoms with E-state index in [0.29, 0.717) is 6.07 Å². The molecule has 1 aliphatic carbocycles. The molecule has 8 heteroatoms. The van der Waals surface area contributed by atoms with Gasteiger partial charge in [0.25, 0.3) is 0 Å². The maximum absolute atomic E-state index is 12.8. The fourth-order valence-corrected chi connectivity index (χ4v) is 2.44. The van der Waals surface area contributed by atoms with E-state index < -0.39 is 22.4 Å². The zero-order chi connectivity index (χ0) is 14.9. The number of nitrogens with zero attached hydrogens (tertiary/aromatic N) is 1. The van der Waals surface area contributed by atoms with E-state index in [9.17, 15) is 23.3 Å². The van der Waals surface area contributed by atoms with Crippen molar-refractivity contribution in [3.8, 4) is 5.75 Å². The lowest BCUT2D eigenvalue weighted by Gasteiger charge is -2.25. The van der Waals surface area contributed by atoms with E-state index >= 15 is 0 Å². The maximum atomic E-state index is 12.8. The molecule has 2 rings (SSSR count). The third-order valence-corrected chi connectivity index (χ3v) is 3.91. The Kier molecular flexibility index (Phi) is 4.22. The number of hydrogen-bond donors (Lipinski definition) is 0. The molecule has 110 valence electrons. The molecule has 1 saturated carbocycles. The monoisotopic (exact) mass is 353 g/mol. The smallest absolute Gasteiger partial charge is 0.417 e. The molecule has 0 amide bonds. The molecule has 0 radical (unpaired) electrons. The predicted octanol–water partition coefficient (Wildman–Crippen LogP) is 4.56. The van der Waals surface area contributed by atoms with Crippen LogP contribution in [0.2, 0.25) is 0 Å². The van der Waals surface area contributed by atoms with Gasteiger partial charge >= 0.3 is 11.9 Å². The number of ether oxygens (including phenoxy) is 1. The number of rotatable bonds is 4. The summed E-state index contributed by atoms with van der Waals surface area (Å²) in [6, 6.07) is 1.51. The summed E-state index contributed by atoms with van der Waals surface area (Å²) in [5.74, 6) is -0.0648. The van der Waals surface area contributed by atoms with Gasteiger partial charge in [-0.3, -0.25) is 10.1 Å². The van der Waals surface area contributed by atoms with Gasteiger partial charge in [-0.2, -0.15) is 13.2 Å². The number of hydrogen-bond acceptors (Lipinski definition) is 3. The van der Waals surface area contributed by atoms with Crippen molar-refractivity contribution in [1.29, 1.82) is 0 Å². The molecule has 1 aromatic carbocycles. The Morgan fingerprint density at radius 1 is 1.40 bits per heavy atom. The lowest BCUT2D eigenvalue weighted by molar-refractivity contribution is -0.386. The van der Waals surface area contributed by atoms with Gasteiger partial charge in [0.1, 0.15) is 0 Å². The molecule has 0 aliphatic heterocycles. The van der Waals surface area contributed by atoms with Crippen LogP contribution in [0, 0.1) is 16.0 Å². The Labute approximate surface area is 121 Å². The minimum atomic E-state index is -4.59. The van der Waals surface area contributed by atoms with Crippen LogP contribution in [0.5, 0.6) is 5.75 Å². The van der Waals surface area contributed by atoms with Crippen LogP contribution in [0.3, 0.4) is 0 Å². The van der Waals surface area contributed by atoms with Crippen LogP contribution >= 0.6 is 15.9 Å². The summed E-state index contributed by atoms with van der Waals surface area (Å²) in [5.41, 5.74) is -1.45. The topological polar surface area (TPSA) is 52.4 Å². The first kappa shape index (κ1) is 15.1. The number of alkyl halides is 3. The van der Waals surface area contributed by atoms with Crippen molar-refractivity contribution in [2.75, 3.05) is 6.61 Å². The third kappa shape index (κ3) is 3.23. The molecular weight excluding hydrogens is 343 g/mol. The SMILES string of the molecule is O=[N+]([O-])c1cc(Br)c(C(F)(F)F)cc1OCC1CCC1. The molecule has 0 atom stereocenters. The second kappa shape index (κ2) is 5.59. The quantitative estimate of drug-likeness (QED) is 0.589. The normalized spacial score (nSPS) is 15.8. The largest absolute Gasteiger partial charge is 0.487 e. The van der Waals surface area contributed by atoms with E-state index in [-0.39, 0.29) is 22.7 Å². The van der Waals surface area contributed by atoms with Gasteiger partial charge in [-0.25, -0.2) is 0 Å². The summed E-state index contributed by atoms with van der Waals surface area (Å²) in [6.07, 6.45) is -1.65. The predicted molar refractivity (Wildman–Crippen MR) is 68.6 cm³/mol. The van der Waals surface area contributed by atoms with Crippen molar-refractivity contribution >= 4 is 21.6 Å². The summed E-state index contributed by atoms with van der Waals surface area (Å²) < 4.78 is 43.2. The molecule has 0 heterocycles. The van der Waals surface area contributed by atoms with Crippen LogP contribution in [0.4, 0.5) is 18.9 Å². The first-order valence-electron chi connectivity index (χ1n) is 5.97. The summed E-state index contributed by atoms with van der Waals surface area (Å²) >= 11 is 2.71. The highest BCUT2D eigenvalue weighted by Crippen LogP contribution is 2.41. The maximum Gasteiger partial charge on any atom is 0.417 e. The van der Waals surface area contributed by atoms with E-state index in [0.717, 1.165) is 25.3 Å². The molecule has 0 saturated heterocycles. The molecule has 20 heavy (non-hydrogen) atoms. The Hall–Kier alpha value is -1.31. The number of halogens is 4. The average molecular weight is 354 g/mol. The lowest BCUT2D eigenvalue weighted by atomic mass is 9.86. The minimum absolute atomic E-state index is 0.208. The van der Waals surface area contributed by atoms with Crippen LogP contribution in [-0.2, 0) is 6.18 Å². The zero-order valence-corrected chi connectivity index (χ0v) is 11.8. The van der Waals surface area contributed by atoms with Gasteiger partial charge in [0.2, 0.25) is 0 Å². The fourth-order valence-electron chi connectivity index (χ4n) is 1.89. The van der Waals surface area contributed by atoms with E-state index in [1.807, 2.05) is 0 Å². The second-order valence-corrected chi connectivity index (χ2v) is 5.52. The molecule has 0 bridgehead atoms. The van der Waals surface area contributed by atoms with Crippen molar-refractivity contribution in [2.45, 2.75) is 25.4 Å². The van der Waals surface area contributed by atoms with Gasteiger partial charge < -0.3 is 4.74 Å². The van der Waals surface area contributed by atoms with Crippen LogP contribution in [0.15, 0.2) is 16.6 Å². The van der Waals surface area contributed by atoms with Crippen LogP contribution in [-0.4, -0.2) is 11.5 Å². The fraction of sp³-hybridized carbons (Fsp3) is 0.500. The second-order valence-electron chi connectivity index (χ2n) is 4.66. The first-order valence-corrected chi connectivity index (χ1v) is 6.76. The van der Waals surface area contributed by atoms with Gasteiger partial charge in [-0.1, -0.05) is 6.42 Å². The molecule has 0 aromatic heterocycles.